The van der Waals surface area contributed by atoms with Gasteiger partial charge < -0.3 is 14.8 Å². The number of ether oxygens (including phenoxy) is 2. The molecule has 1 aliphatic heterocycles. The van der Waals surface area contributed by atoms with Crippen molar-refractivity contribution in [1.82, 2.24) is 14.8 Å². The van der Waals surface area contributed by atoms with E-state index < -0.39 is 17.7 Å². The summed E-state index contributed by atoms with van der Waals surface area (Å²) in [6.07, 6.45) is 4.44. The van der Waals surface area contributed by atoms with Crippen molar-refractivity contribution in [3.05, 3.63) is 48.2 Å². The van der Waals surface area contributed by atoms with E-state index in [1.807, 2.05) is 25.1 Å². The van der Waals surface area contributed by atoms with E-state index in [0.717, 1.165) is 16.9 Å². The van der Waals surface area contributed by atoms with Crippen LogP contribution in [-0.2, 0) is 19.1 Å². The SMILES string of the molecule is Cc1ccc(-n2cnnc2)cc1NC=C1C(=O)OC(C)(C)OC1=O. The Hall–Kier alpha value is -3.16. The molecular formula is C16H16N4O4. The van der Waals surface area contributed by atoms with Crippen molar-refractivity contribution in [2.75, 3.05) is 5.32 Å². The van der Waals surface area contributed by atoms with Gasteiger partial charge >= 0.3 is 11.9 Å². The van der Waals surface area contributed by atoms with Crippen LogP contribution < -0.4 is 5.32 Å². The molecule has 1 saturated heterocycles. The number of carbonyl (C=O) groups excluding carboxylic acids is 2. The zero-order valence-corrected chi connectivity index (χ0v) is 13.4. The normalized spacial score (nSPS) is 16.4. The molecule has 1 aromatic heterocycles. The highest BCUT2D eigenvalue weighted by atomic mass is 16.7. The first-order chi connectivity index (χ1) is 11.4. The van der Waals surface area contributed by atoms with Gasteiger partial charge in [-0.3, -0.25) is 4.57 Å². The van der Waals surface area contributed by atoms with Crippen molar-refractivity contribution in [3.63, 3.8) is 0 Å². The molecule has 0 saturated carbocycles. The number of nitrogens with one attached hydrogen (secondary N) is 1. The fourth-order valence-corrected chi connectivity index (χ4v) is 2.19. The minimum absolute atomic E-state index is 0.191. The van der Waals surface area contributed by atoms with Crippen LogP contribution in [-0.4, -0.2) is 32.5 Å². The zero-order chi connectivity index (χ0) is 17.3. The third-order valence-corrected chi connectivity index (χ3v) is 3.43. The van der Waals surface area contributed by atoms with Crippen LogP contribution >= 0.6 is 0 Å². The van der Waals surface area contributed by atoms with Gasteiger partial charge in [0.25, 0.3) is 5.79 Å². The summed E-state index contributed by atoms with van der Waals surface area (Å²) in [6.45, 7) is 4.90. The predicted octanol–water partition coefficient (Wildman–Crippen LogP) is 1.71. The molecule has 8 heteroatoms. The second kappa shape index (κ2) is 5.80. The van der Waals surface area contributed by atoms with Gasteiger partial charge in [0.1, 0.15) is 12.7 Å². The molecule has 2 heterocycles. The first-order valence-electron chi connectivity index (χ1n) is 7.25. The van der Waals surface area contributed by atoms with E-state index in [1.54, 1.807) is 17.2 Å². The second-order valence-corrected chi connectivity index (χ2v) is 5.75. The summed E-state index contributed by atoms with van der Waals surface area (Å²) in [6, 6.07) is 5.65. The molecule has 0 bridgehead atoms. The number of benzene rings is 1. The molecule has 2 aromatic rings. The highest BCUT2D eigenvalue weighted by Crippen LogP contribution is 2.24. The van der Waals surface area contributed by atoms with Crippen LogP contribution in [0.15, 0.2) is 42.6 Å². The van der Waals surface area contributed by atoms with Crippen molar-refractivity contribution < 1.29 is 19.1 Å². The summed E-state index contributed by atoms with van der Waals surface area (Å²) in [5.41, 5.74) is 2.30. The lowest BCUT2D eigenvalue weighted by Gasteiger charge is -2.29. The third-order valence-electron chi connectivity index (χ3n) is 3.43. The van der Waals surface area contributed by atoms with Gasteiger partial charge in [0.15, 0.2) is 5.57 Å². The molecule has 1 N–H and O–H groups in total. The Bertz CT molecular complexity index is 803. The molecule has 0 spiro atoms. The second-order valence-electron chi connectivity index (χ2n) is 5.75. The molecule has 1 aromatic carbocycles. The lowest BCUT2D eigenvalue weighted by molar-refractivity contribution is -0.222. The maximum atomic E-state index is 11.9. The van der Waals surface area contributed by atoms with Crippen molar-refractivity contribution >= 4 is 17.6 Å². The number of carbonyl (C=O) groups is 2. The van der Waals surface area contributed by atoms with E-state index >= 15 is 0 Å². The van der Waals surface area contributed by atoms with E-state index in [2.05, 4.69) is 15.5 Å². The summed E-state index contributed by atoms with van der Waals surface area (Å²) in [5, 5.41) is 10.5. The van der Waals surface area contributed by atoms with Crippen molar-refractivity contribution in [2.45, 2.75) is 26.6 Å². The third kappa shape index (κ3) is 3.12. The van der Waals surface area contributed by atoms with Gasteiger partial charge in [-0.1, -0.05) is 6.07 Å². The van der Waals surface area contributed by atoms with E-state index in [1.165, 1.54) is 20.0 Å². The van der Waals surface area contributed by atoms with Gasteiger partial charge in [-0.2, -0.15) is 0 Å². The Morgan fingerprint density at radius 1 is 1.12 bits per heavy atom. The van der Waals surface area contributed by atoms with E-state index in [9.17, 15) is 9.59 Å². The fourth-order valence-electron chi connectivity index (χ4n) is 2.19. The summed E-state index contributed by atoms with van der Waals surface area (Å²) in [5.74, 6) is -2.71. The van der Waals surface area contributed by atoms with Crippen molar-refractivity contribution in [1.29, 1.82) is 0 Å². The van der Waals surface area contributed by atoms with E-state index in [0.29, 0.717) is 0 Å². The van der Waals surface area contributed by atoms with Crippen LogP contribution in [0.2, 0.25) is 0 Å². The Morgan fingerprint density at radius 3 is 2.38 bits per heavy atom. The number of aromatic nitrogens is 3. The van der Waals surface area contributed by atoms with Crippen LogP contribution in [0.4, 0.5) is 5.69 Å². The molecule has 0 amide bonds. The van der Waals surface area contributed by atoms with E-state index in [-0.39, 0.29) is 5.57 Å². The molecule has 1 aliphatic rings. The number of hydrogen-bond acceptors (Lipinski definition) is 7. The molecule has 0 unspecified atom stereocenters. The Morgan fingerprint density at radius 2 is 1.75 bits per heavy atom. The van der Waals surface area contributed by atoms with Crippen LogP contribution in [0.1, 0.15) is 19.4 Å². The van der Waals surface area contributed by atoms with Gasteiger partial charge in [-0.05, 0) is 24.6 Å². The number of nitrogens with zero attached hydrogens (tertiary/aromatic N) is 3. The summed E-state index contributed by atoms with van der Waals surface area (Å²) in [7, 11) is 0. The number of hydrogen-bond donors (Lipinski definition) is 1. The zero-order valence-electron chi connectivity index (χ0n) is 13.4. The van der Waals surface area contributed by atoms with Crippen molar-refractivity contribution in [2.24, 2.45) is 0 Å². The van der Waals surface area contributed by atoms with Crippen LogP contribution in [0, 0.1) is 6.92 Å². The number of esters is 2. The number of cyclic esters (lactones) is 2. The van der Waals surface area contributed by atoms with Gasteiger partial charge in [0, 0.05) is 25.7 Å². The number of anilines is 1. The monoisotopic (exact) mass is 328 g/mol. The quantitative estimate of drug-likeness (QED) is 0.520. The molecule has 24 heavy (non-hydrogen) atoms. The lowest BCUT2D eigenvalue weighted by atomic mass is 10.1. The highest BCUT2D eigenvalue weighted by Gasteiger charge is 2.38. The topological polar surface area (TPSA) is 95.3 Å². The number of aryl methyl sites for hydroxylation is 1. The first kappa shape index (κ1) is 15.7. The van der Waals surface area contributed by atoms with Gasteiger partial charge in [0.2, 0.25) is 0 Å². The van der Waals surface area contributed by atoms with Crippen LogP contribution in [0.5, 0.6) is 0 Å². The number of rotatable bonds is 3. The Kier molecular flexibility index (Phi) is 3.80. The molecule has 8 nitrogen and oxygen atoms in total. The summed E-state index contributed by atoms with van der Waals surface area (Å²) >= 11 is 0. The lowest BCUT2D eigenvalue weighted by Crippen LogP contribution is -2.42. The average Bonchev–Trinajstić information content (AvgIpc) is 3.01. The van der Waals surface area contributed by atoms with Crippen LogP contribution in [0.3, 0.4) is 0 Å². The maximum absolute atomic E-state index is 11.9. The molecule has 124 valence electrons. The minimum atomic E-state index is -1.25. The molecule has 1 fully saturated rings. The van der Waals surface area contributed by atoms with Gasteiger partial charge in [-0.25, -0.2) is 9.59 Å². The minimum Gasteiger partial charge on any atom is -0.419 e. The first-order valence-corrected chi connectivity index (χ1v) is 7.25. The van der Waals surface area contributed by atoms with E-state index in [4.69, 9.17) is 9.47 Å². The fraction of sp³-hybridized carbons (Fsp3) is 0.250. The Labute approximate surface area is 138 Å². The van der Waals surface area contributed by atoms with Crippen molar-refractivity contribution in [3.8, 4) is 5.69 Å². The predicted molar refractivity (Wildman–Crippen MR) is 84.1 cm³/mol. The smallest absolute Gasteiger partial charge is 0.350 e. The molecule has 0 radical (unpaired) electrons. The Balaban J connectivity index is 1.85. The maximum Gasteiger partial charge on any atom is 0.350 e. The van der Waals surface area contributed by atoms with Crippen LogP contribution in [0.25, 0.3) is 5.69 Å². The summed E-state index contributed by atoms with van der Waals surface area (Å²) < 4.78 is 11.8. The van der Waals surface area contributed by atoms with Gasteiger partial charge in [-0.15, -0.1) is 10.2 Å². The van der Waals surface area contributed by atoms with Gasteiger partial charge in [0.05, 0.1) is 5.69 Å². The average molecular weight is 328 g/mol. The highest BCUT2D eigenvalue weighted by molar-refractivity contribution is 6.15. The standard InChI is InChI=1S/C16H16N4O4/c1-10-4-5-11(20-8-18-19-9-20)6-13(10)17-7-12-14(21)23-16(2,3)24-15(12)22/h4-9,17H,1-3H3. The largest absolute Gasteiger partial charge is 0.419 e. The molecule has 0 aliphatic carbocycles. The molecular weight excluding hydrogens is 312 g/mol. The molecule has 3 rings (SSSR count). The summed E-state index contributed by atoms with van der Waals surface area (Å²) in [4.78, 5) is 23.9. The molecule has 0 atom stereocenters.